The van der Waals surface area contributed by atoms with E-state index in [4.69, 9.17) is 5.11 Å². The largest absolute Gasteiger partial charge is 0.477 e. The monoisotopic (exact) mass is 253 g/mol. The molecule has 0 aliphatic heterocycles. The summed E-state index contributed by atoms with van der Waals surface area (Å²) in [5.41, 5.74) is 0. The van der Waals surface area contributed by atoms with E-state index in [1.807, 2.05) is 0 Å². The van der Waals surface area contributed by atoms with Crippen LogP contribution in [-0.2, 0) is 0 Å². The lowest BCUT2D eigenvalue weighted by Crippen LogP contribution is -2.34. The summed E-state index contributed by atoms with van der Waals surface area (Å²) in [6.45, 7) is 0. The number of thiophene rings is 1. The van der Waals surface area contributed by atoms with Gasteiger partial charge in [0.1, 0.15) is 4.88 Å². The van der Waals surface area contributed by atoms with E-state index < -0.39 is 5.97 Å². The van der Waals surface area contributed by atoms with Crippen molar-refractivity contribution in [2.75, 3.05) is 7.05 Å². The SMILES string of the molecule is CN(C(=O)c1ccc(C(=O)O)s1)C1CCCC1. The zero-order valence-corrected chi connectivity index (χ0v) is 10.5. The Morgan fingerprint density at radius 1 is 1.29 bits per heavy atom. The normalized spacial score (nSPS) is 16.1. The Labute approximate surface area is 104 Å². The van der Waals surface area contributed by atoms with Gasteiger partial charge in [-0.05, 0) is 25.0 Å². The first-order valence-corrected chi connectivity index (χ1v) is 6.51. The van der Waals surface area contributed by atoms with Crippen molar-refractivity contribution in [3.63, 3.8) is 0 Å². The Hall–Kier alpha value is -1.36. The number of rotatable bonds is 3. The van der Waals surface area contributed by atoms with Gasteiger partial charge in [0.2, 0.25) is 0 Å². The molecule has 1 saturated carbocycles. The molecule has 0 aromatic carbocycles. The summed E-state index contributed by atoms with van der Waals surface area (Å²) in [5.74, 6) is -1.04. The van der Waals surface area contributed by atoms with Crippen LogP contribution in [0.5, 0.6) is 0 Å². The Balaban J connectivity index is 2.09. The number of carboxylic acid groups (broad SMARTS) is 1. The van der Waals surface area contributed by atoms with Gasteiger partial charge in [-0.2, -0.15) is 0 Å². The first kappa shape index (κ1) is 12.1. The third-order valence-electron chi connectivity index (χ3n) is 3.22. The summed E-state index contributed by atoms with van der Waals surface area (Å²) in [4.78, 5) is 25.3. The summed E-state index contributed by atoms with van der Waals surface area (Å²) in [6.07, 6.45) is 4.46. The van der Waals surface area contributed by atoms with Crippen LogP contribution in [0.2, 0.25) is 0 Å². The van der Waals surface area contributed by atoms with E-state index in [0.717, 1.165) is 24.2 Å². The van der Waals surface area contributed by atoms with Crippen molar-refractivity contribution in [1.29, 1.82) is 0 Å². The molecule has 0 unspecified atom stereocenters. The van der Waals surface area contributed by atoms with E-state index in [1.165, 1.54) is 18.9 Å². The van der Waals surface area contributed by atoms with Gasteiger partial charge in [-0.15, -0.1) is 11.3 Å². The molecule has 1 N–H and O–H groups in total. The van der Waals surface area contributed by atoms with Gasteiger partial charge in [0, 0.05) is 13.1 Å². The lowest BCUT2D eigenvalue weighted by atomic mass is 10.2. The minimum absolute atomic E-state index is 0.0607. The minimum Gasteiger partial charge on any atom is -0.477 e. The van der Waals surface area contributed by atoms with Crippen LogP contribution in [-0.4, -0.2) is 35.0 Å². The lowest BCUT2D eigenvalue weighted by Gasteiger charge is -2.23. The van der Waals surface area contributed by atoms with Crippen LogP contribution in [0, 0.1) is 0 Å². The molecule has 1 heterocycles. The zero-order chi connectivity index (χ0) is 12.4. The van der Waals surface area contributed by atoms with E-state index >= 15 is 0 Å². The minimum atomic E-state index is -0.974. The average molecular weight is 253 g/mol. The molecule has 0 radical (unpaired) electrons. The van der Waals surface area contributed by atoms with E-state index in [2.05, 4.69) is 0 Å². The van der Waals surface area contributed by atoms with Crippen molar-refractivity contribution in [1.82, 2.24) is 4.90 Å². The van der Waals surface area contributed by atoms with Crippen LogP contribution in [0.4, 0.5) is 0 Å². The fourth-order valence-corrected chi connectivity index (χ4v) is 3.03. The van der Waals surface area contributed by atoms with Crippen LogP contribution in [0.25, 0.3) is 0 Å². The van der Waals surface area contributed by atoms with Gasteiger partial charge >= 0.3 is 5.97 Å². The first-order chi connectivity index (χ1) is 8.09. The molecule has 1 aromatic heterocycles. The van der Waals surface area contributed by atoms with E-state index in [-0.39, 0.29) is 10.8 Å². The van der Waals surface area contributed by atoms with Crippen molar-refractivity contribution in [2.45, 2.75) is 31.7 Å². The fraction of sp³-hybridized carbons (Fsp3) is 0.500. The molecule has 92 valence electrons. The molecule has 2 rings (SSSR count). The first-order valence-electron chi connectivity index (χ1n) is 5.70. The number of carboxylic acids is 1. The third kappa shape index (κ3) is 2.49. The summed E-state index contributed by atoms with van der Waals surface area (Å²) >= 11 is 1.05. The maximum atomic E-state index is 12.1. The second-order valence-electron chi connectivity index (χ2n) is 4.32. The van der Waals surface area contributed by atoms with Crippen LogP contribution < -0.4 is 0 Å². The van der Waals surface area contributed by atoms with Crippen molar-refractivity contribution in [2.24, 2.45) is 0 Å². The second kappa shape index (κ2) is 4.87. The molecule has 0 bridgehead atoms. The summed E-state index contributed by atoms with van der Waals surface area (Å²) in [5, 5.41) is 8.82. The summed E-state index contributed by atoms with van der Waals surface area (Å²) in [7, 11) is 1.80. The van der Waals surface area contributed by atoms with Gasteiger partial charge in [-0.25, -0.2) is 4.79 Å². The average Bonchev–Trinajstić information content (AvgIpc) is 2.97. The number of hydrogen-bond donors (Lipinski definition) is 1. The standard InChI is InChI=1S/C12H15NO3S/c1-13(8-4-2-3-5-8)11(14)9-6-7-10(17-9)12(15)16/h6-8H,2-5H2,1H3,(H,15,16). The van der Waals surface area contributed by atoms with Gasteiger partial charge in [0.15, 0.2) is 0 Å². The highest BCUT2D eigenvalue weighted by Crippen LogP contribution is 2.25. The molecule has 1 fully saturated rings. The molecule has 1 aliphatic rings. The van der Waals surface area contributed by atoms with Gasteiger partial charge < -0.3 is 10.0 Å². The Kier molecular flexibility index (Phi) is 3.47. The van der Waals surface area contributed by atoms with E-state index in [9.17, 15) is 9.59 Å². The number of hydrogen-bond acceptors (Lipinski definition) is 3. The van der Waals surface area contributed by atoms with Crippen molar-refractivity contribution < 1.29 is 14.7 Å². The maximum absolute atomic E-state index is 12.1. The highest BCUT2D eigenvalue weighted by atomic mass is 32.1. The van der Waals surface area contributed by atoms with Crippen molar-refractivity contribution in [3.8, 4) is 0 Å². The molecule has 17 heavy (non-hydrogen) atoms. The molecule has 0 spiro atoms. The Morgan fingerprint density at radius 2 is 1.88 bits per heavy atom. The van der Waals surface area contributed by atoms with Crippen molar-refractivity contribution in [3.05, 3.63) is 21.9 Å². The molecule has 1 amide bonds. The fourth-order valence-electron chi connectivity index (χ4n) is 2.20. The van der Waals surface area contributed by atoms with Crippen LogP contribution in [0.3, 0.4) is 0 Å². The molecule has 1 aliphatic carbocycles. The predicted molar refractivity (Wildman–Crippen MR) is 65.6 cm³/mol. The van der Waals surface area contributed by atoms with Crippen LogP contribution in [0.1, 0.15) is 45.0 Å². The number of carbonyl (C=O) groups excluding carboxylic acids is 1. The second-order valence-corrected chi connectivity index (χ2v) is 5.41. The van der Waals surface area contributed by atoms with E-state index in [1.54, 1.807) is 18.0 Å². The Bertz CT molecular complexity index is 435. The third-order valence-corrected chi connectivity index (χ3v) is 4.28. The lowest BCUT2D eigenvalue weighted by molar-refractivity contribution is 0.0701. The zero-order valence-electron chi connectivity index (χ0n) is 9.68. The van der Waals surface area contributed by atoms with Gasteiger partial charge in [-0.1, -0.05) is 12.8 Å². The molecule has 4 nitrogen and oxygen atoms in total. The van der Waals surface area contributed by atoms with Crippen molar-refractivity contribution >= 4 is 23.2 Å². The van der Waals surface area contributed by atoms with Gasteiger partial charge in [-0.3, -0.25) is 4.79 Å². The van der Waals surface area contributed by atoms with E-state index in [0.29, 0.717) is 10.9 Å². The number of amides is 1. The molecular weight excluding hydrogens is 238 g/mol. The molecule has 0 atom stereocenters. The quantitative estimate of drug-likeness (QED) is 0.900. The Morgan fingerprint density at radius 3 is 2.41 bits per heavy atom. The molecular formula is C12H15NO3S. The number of nitrogens with zero attached hydrogens (tertiary/aromatic N) is 1. The predicted octanol–water partition coefficient (Wildman–Crippen LogP) is 2.46. The number of carbonyl (C=O) groups is 2. The highest BCUT2D eigenvalue weighted by Gasteiger charge is 2.25. The van der Waals surface area contributed by atoms with Gasteiger partial charge in [0.25, 0.3) is 5.91 Å². The maximum Gasteiger partial charge on any atom is 0.345 e. The smallest absolute Gasteiger partial charge is 0.345 e. The molecule has 5 heteroatoms. The molecule has 1 aromatic rings. The summed E-state index contributed by atoms with van der Waals surface area (Å²) < 4.78 is 0. The number of aromatic carboxylic acids is 1. The van der Waals surface area contributed by atoms with Gasteiger partial charge in [0.05, 0.1) is 4.88 Å². The topological polar surface area (TPSA) is 57.6 Å². The van der Waals surface area contributed by atoms with Crippen LogP contribution in [0.15, 0.2) is 12.1 Å². The highest BCUT2D eigenvalue weighted by molar-refractivity contribution is 7.15. The van der Waals surface area contributed by atoms with Crippen LogP contribution >= 0.6 is 11.3 Å². The summed E-state index contributed by atoms with van der Waals surface area (Å²) in [6, 6.07) is 3.41. The molecule has 0 saturated heterocycles.